The van der Waals surface area contributed by atoms with E-state index < -0.39 is 0 Å². The lowest BCUT2D eigenvalue weighted by Gasteiger charge is -2.26. The number of nitrogens with zero attached hydrogens (tertiary/aromatic N) is 1. The Kier molecular flexibility index (Phi) is 5.18. The van der Waals surface area contributed by atoms with Crippen molar-refractivity contribution in [2.75, 3.05) is 13.1 Å². The lowest BCUT2D eigenvalue weighted by Crippen LogP contribution is -2.35. The van der Waals surface area contributed by atoms with E-state index >= 15 is 0 Å². The average Bonchev–Trinajstić information content (AvgIpc) is 2.36. The second-order valence-corrected chi connectivity index (χ2v) is 5.12. The van der Waals surface area contributed by atoms with E-state index in [-0.39, 0.29) is 11.3 Å². The molecule has 1 rings (SSSR count). The van der Waals surface area contributed by atoms with Gasteiger partial charge in [0.1, 0.15) is 0 Å². The third-order valence-corrected chi connectivity index (χ3v) is 3.19. The van der Waals surface area contributed by atoms with E-state index in [0.717, 1.165) is 19.5 Å². The smallest absolute Gasteiger partial charge is 0.0669 e. The van der Waals surface area contributed by atoms with Gasteiger partial charge in [-0.15, -0.1) is 0 Å². The topological polar surface area (TPSA) is 35.8 Å². The van der Waals surface area contributed by atoms with Gasteiger partial charge in [-0.25, -0.2) is 0 Å². The minimum Gasteiger partial charge on any atom is -0.315 e. The highest BCUT2D eigenvalue weighted by atomic mass is 14.9. The third kappa shape index (κ3) is 4.20. The predicted molar refractivity (Wildman–Crippen MR) is 71.7 cm³/mol. The van der Waals surface area contributed by atoms with Crippen LogP contribution in [0, 0.1) is 17.2 Å². The summed E-state index contributed by atoms with van der Waals surface area (Å²) < 4.78 is 0. The van der Waals surface area contributed by atoms with Crippen LogP contribution in [0.25, 0.3) is 0 Å². The number of benzene rings is 1. The molecule has 0 radical (unpaired) electrons. The zero-order chi connectivity index (χ0) is 12.7. The SMILES string of the molecule is CCC(C#N)CNCC(C)(C)c1ccccc1. The van der Waals surface area contributed by atoms with Crippen molar-refractivity contribution in [3.63, 3.8) is 0 Å². The fourth-order valence-corrected chi connectivity index (χ4v) is 1.83. The number of nitriles is 1. The highest BCUT2D eigenvalue weighted by molar-refractivity contribution is 5.23. The first-order chi connectivity index (χ1) is 8.10. The maximum absolute atomic E-state index is 8.88. The highest BCUT2D eigenvalue weighted by Crippen LogP contribution is 2.21. The lowest BCUT2D eigenvalue weighted by atomic mass is 9.84. The molecule has 1 unspecified atom stereocenters. The molecule has 2 nitrogen and oxygen atoms in total. The standard InChI is InChI=1S/C15H22N2/c1-4-13(10-16)11-17-12-15(2,3)14-8-6-5-7-9-14/h5-9,13,17H,4,11-12H2,1-3H3. The molecule has 92 valence electrons. The Morgan fingerprint density at radius 1 is 1.29 bits per heavy atom. The molecule has 0 aliphatic heterocycles. The molecule has 1 atom stereocenters. The summed E-state index contributed by atoms with van der Waals surface area (Å²) in [4.78, 5) is 0. The van der Waals surface area contributed by atoms with Crippen molar-refractivity contribution in [2.45, 2.75) is 32.6 Å². The lowest BCUT2D eigenvalue weighted by molar-refractivity contribution is 0.445. The van der Waals surface area contributed by atoms with Crippen LogP contribution in [0.15, 0.2) is 30.3 Å². The van der Waals surface area contributed by atoms with Crippen LogP contribution in [0.5, 0.6) is 0 Å². The van der Waals surface area contributed by atoms with Crippen LogP contribution in [0.2, 0.25) is 0 Å². The van der Waals surface area contributed by atoms with E-state index in [1.54, 1.807) is 0 Å². The molecule has 1 aromatic carbocycles. The van der Waals surface area contributed by atoms with Gasteiger partial charge in [-0.2, -0.15) is 5.26 Å². The zero-order valence-corrected chi connectivity index (χ0v) is 11.0. The normalized spacial score (nSPS) is 13.1. The van der Waals surface area contributed by atoms with E-state index in [4.69, 9.17) is 5.26 Å². The molecule has 0 fully saturated rings. The Morgan fingerprint density at radius 2 is 1.94 bits per heavy atom. The fraction of sp³-hybridized carbons (Fsp3) is 0.533. The molecule has 1 N–H and O–H groups in total. The number of rotatable bonds is 6. The summed E-state index contributed by atoms with van der Waals surface area (Å²) in [6, 6.07) is 12.8. The van der Waals surface area contributed by atoms with Crippen LogP contribution in [0.3, 0.4) is 0 Å². The van der Waals surface area contributed by atoms with Crippen LogP contribution in [0.1, 0.15) is 32.8 Å². The Bertz CT molecular complexity index is 362. The average molecular weight is 230 g/mol. The van der Waals surface area contributed by atoms with Crippen molar-refractivity contribution in [3.8, 4) is 6.07 Å². The van der Waals surface area contributed by atoms with Crippen molar-refractivity contribution in [2.24, 2.45) is 5.92 Å². The van der Waals surface area contributed by atoms with Crippen LogP contribution < -0.4 is 5.32 Å². The Morgan fingerprint density at radius 3 is 2.47 bits per heavy atom. The number of hydrogen-bond acceptors (Lipinski definition) is 2. The van der Waals surface area contributed by atoms with Crippen molar-refractivity contribution in [3.05, 3.63) is 35.9 Å². The van der Waals surface area contributed by atoms with Crippen molar-refractivity contribution in [1.82, 2.24) is 5.32 Å². The van der Waals surface area contributed by atoms with Gasteiger partial charge in [0.05, 0.1) is 12.0 Å². The van der Waals surface area contributed by atoms with E-state index in [1.807, 2.05) is 6.07 Å². The Labute approximate surface area is 105 Å². The second-order valence-electron chi connectivity index (χ2n) is 5.12. The van der Waals surface area contributed by atoms with Gasteiger partial charge in [0.2, 0.25) is 0 Å². The quantitative estimate of drug-likeness (QED) is 0.815. The Balaban J connectivity index is 2.49. The van der Waals surface area contributed by atoms with E-state index in [9.17, 15) is 0 Å². The molecule has 0 saturated heterocycles. The highest BCUT2D eigenvalue weighted by Gasteiger charge is 2.19. The molecular weight excluding hydrogens is 208 g/mol. The summed E-state index contributed by atoms with van der Waals surface area (Å²) in [7, 11) is 0. The molecule has 17 heavy (non-hydrogen) atoms. The zero-order valence-electron chi connectivity index (χ0n) is 11.0. The molecule has 0 aromatic heterocycles. The van der Waals surface area contributed by atoms with Crippen LogP contribution >= 0.6 is 0 Å². The molecule has 0 aliphatic rings. The van der Waals surface area contributed by atoms with Gasteiger partial charge in [-0.3, -0.25) is 0 Å². The summed E-state index contributed by atoms with van der Waals surface area (Å²) >= 11 is 0. The van der Waals surface area contributed by atoms with Crippen molar-refractivity contribution >= 4 is 0 Å². The summed E-state index contributed by atoms with van der Waals surface area (Å²) in [6.07, 6.45) is 0.912. The van der Waals surface area contributed by atoms with Crippen molar-refractivity contribution < 1.29 is 0 Å². The Hall–Kier alpha value is -1.33. The first kappa shape index (κ1) is 13.7. The first-order valence-corrected chi connectivity index (χ1v) is 6.26. The minimum atomic E-state index is 0.106. The second kappa shape index (κ2) is 6.42. The molecule has 0 aliphatic carbocycles. The number of hydrogen-bond donors (Lipinski definition) is 1. The molecule has 2 heteroatoms. The summed E-state index contributed by atoms with van der Waals surface area (Å²) in [5.41, 5.74) is 1.44. The fourth-order valence-electron chi connectivity index (χ4n) is 1.83. The van der Waals surface area contributed by atoms with Gasteiger partial charge in [-0.1, -0.05) is 51.1 Å². The van der Waals surface area contributed by atoms with E-state index in [0.29, 0.717) is 0 Å². The van der Waals surface area contributed by atoms with E-state index in [1.165, 1.54) is 5.56 Å². The predicted octanol–water partition coefficient (Wildman–Crippen LogP) is 3.10. The number of nitrogens with one attached hydrogen (secondary N) is 1. The van der Waals surface area contributed by atoms with Gasteiger partial charge >= 0.3 is 0 Å². The molecular formula is C15H22N2. The molecule has 0 bridgehead atoms. The van der Waals surface area contributed by atoms with Gasteiger partial charge in [0.25, 0.3) is 0 Å². The van der Waals surface area contributed by atoms with Gasteiger partial charge in [0, 0.05) is 18.5 Å². The molecule has 0 amide bonds. The monoisotopic (exact) mass is 230 g/mol. The summed E-state index contributed by atoms with van der Waals surface area (Å²) in [6.45, 7) is 8.18. The van der Waals surface area contributed by atoms with Crippen LogP contribution in [0.4, 0.5) is 0 Å². The van der Waals surface area contributed by atoms with Crippen LogP contribution in [-0.2, 0) is 5.41 Å². The molecule has 0 heterocycles. The van der Waals surface area contributed by atoms with Crippen LogP contribution in [-0.4, -0.2) is 13.1 Å². The summed E-state index contributed by atoms with van der Waals surface area (Å²) in [5, 5.41) is 12.3. The van der Waals surface area contributed by atoms with E-state index in [2.05, 4.69) is 56.4 Å². The third-order valence-electron chi connectivity index (χ3n) is 3.19. The maximum atomic E-state index is 8.88. The maximum Gasteiger partial charge on any atom is 0.0669 e. The van der Waals surface area contributed by atoms with Gasteiger partial charge < -0.3 is 5.32 Å². The summed E-state index contributed by atoms with van der Waals surface area (Å²) in [5.74, 6) is 0.126. The van der Waals surface area contributed by atoms with Gasteiger partial charge in [0.15, 0.2) is 0 Å². The minimum absolute atomic E-state index is 0.106. The molecule has 0 spiro atoms. The first-order valence-electron chi connectivity index (χ1n) is 6.26. The largest absolute Gasteiger partial charge is 0.315 e. The molecule has 0 saturated carbocycles. The molecule has 1 aromatic rings. The van der Waals surface area contributed by atoms with Gasteiger partial charge in [-0.05, 0) is 12.0 Å². The van der Waals surface area contributed by atoms with Crippen molar-refractivity contribution in [1.29, 1.82) is 5.26 Å².